The summed E-state index contributed by atoms with van der Waals surface area (Å²) in [4.78, 5) is 26.4. The number of hydrogen-bond donors (Lipinski definition) is 1. The summed E-state index contributed by atoms with van der Waals surface area (Å²) >= 11 is 0. The molecule has 1 aromatic heterocycles. The molecular weight excluding hydrogens is 324 g/mol. The van der Waals surface area contributed by atoms with Crippen LogP contribution in [0.4, 0.5) is 5.69 Å². The fraction of sp³-hybridized carbons (Fsp3) is 0.118. The van der Waals surface area contributed by atoms with Gasteiger partial charge in [-0.3, -0.25) is 14.9 Å². The van der Waals surface area contributed by atoms with E-state index in [0.29, 0.717) is 30.2 Å². The molecule has 0 radical (unpaired) electrons. The van der Waals surface area contributed by atoms with Gasteiger partial charge in [0.1, 0.15) is 0 Å². The normalized spacial score (nSPS) is 10.4. The Morgan fingerprint density at radius 1 is 1.12 bits per heavy atom. The van der Waals surface area contributed by atoms with E-state index in [1.54, 1.807) is 0 Å². The van der Waals surface area contributed by atoms with Crippen LogP contribution in [0.15, 0.2) is 59.1 Å². The zero-order valence-corrected chi connectivity index (χ0v) is 13.1. The monoisotopic (exact) mass is 338 g/mol. The molecule has 8 nitrogen and oxygen atoms in total. The zero-order valence-electron chi connectivity index (χ0n) is 13.1. The van der Waals surface area contributed by atoms with Gasteiger partial charge in [0.15, 0.2) is 0 Å². The van der Waals surface area contributed by atoms with Crippen molar-refractivity contribution in [3.8, 4) is 11.4 Å². The van der Waals surface area contributed by atoms with Crippen molar-refractivity contribution in [3.63, 3.8) is 0 Å². The van der Waals surface area contributed by atoms with Gasteiger partial charge in [0, 0.05) is 36.2 Å². The summed E-state index contributed by atoms with van der Waals surface area (Å²) in [7, 11) is 0. The maximum absolute atomic E-state index is 12.0. The van der Waals surface area contributed by atoms with E-state index < -0.39 is 4.92 Å². The lowest BCUT2D eigenvalue weighted by Gasteiger charge is -2.03. The Kier molecular flexibility index (Phi) is 4.79. The van der Waals surface area contributed by atoms with Gasteiger partial charge in [-0.1, -0.05) is 35.5 Å². The molecule has 3 aromatic rings. The number of nitro benzene ring substituents is 1. The molecular formula is C17H14N4O4. The second-order valence-electron chi connectivity index (χ2n) is 5.19. The first kappa shape index (κ1) is 16.3. The largest absolute Gasteiger partial charge is 0.352 e. The number of rotatable bonds is 6. The summed E-state index contributed by atoms with van der Waals surface area (Å²) in [5.74, 6) is 0.595. The molecule has 0 saturated carbocycles. The lowest BCUT2D eigenvalue weighted by atomic mass is 10.2. The summed E-state index contributed by atoms with van der Waals surface area (Å²) in [6, 6.07) is 14.8. The molecule has 1 heterocycles. The van der Waals surface area contributed by atoms with Crippen LogP contribution < -0.4 is 5.32 Å². The Balaban J connectivity index is 1.53. The maximum atomic E-state index is 12.0. The first-order chi connectivity index (χ1) is 12.1. The molecule has 0 saturated heterocycles. The number of nitro groups is 1. The van der Waals surface area contributed by atoms with E-state index in [1.807, 2.05) is 30.3 Å². The number of non-ortho nitro benzene ring substituents is 1. The number of aromatic nitrogens is 2. The molecule has 0 atom stereocenters. The molecule has 3 rings (SSSR count). The van der Waals surface area contributed by atoms with Gasteiger partial charge in [-0.2, -0.15) is 4.98 Å². The molecule has 0 spiro atoms. The second-order valence-corrected chi connectivity index (χ2v) is 5.19. The van der Waals surface area contributed by atoms with Gasteiger partial charge in [0.05, 0.1) is 4.92 Å². The second kappa shape index (κ2) is 7.35. The zero-order chi connectivity index (χ0) is 17.6. The molecule has 0 fully saturated rings. The number of nitrogens with one attached hydrogen (secondary N) is 1. The van der Waals surface area contributed by atoms with Crippen molar-refractivity contribution in [1.29, 1.82) is 0 Å². The first-order valence-electron chi connectivity index (χ1n) is 7.54. The van der Waals surface area contributed by atoms with Crippen molar-refractivity contribution in [2.24, 2.45) is 0 Å². The van der Waals surface area contributed by atoms with Crippen molar-refractivity contribution >= 4 is 11.6 Å². The van der Waals surface area contributed by atoms with E-state index in [-0.39, 0.29) is 11.6 Å². The molecule has 1 N–H and O–H groups in total. The minimum absolute atomic E-state index is 0.0594. The predicted octanol–water partition coefficient (Wildman–Crippen LogP) is 2.62. The van der Waals surface area contributed by atoms with Crippen molar-refractivity contribution in [2.45, 2.75) is 6.42 Å². The van der Waals surface area contributed by atoms with Crippen LogP contribution in [-0.4, -0.2) is 27.5 Å². The van der Waals surface area contributed by atoms with Crippen molar-refractivity contribution in [2.75, 3.05) is 6.54 Å². The lowest BCUT2D eigenvalue weighted by Crippen LogP contribution is -2.25. The molecule has 2 aromatic carbocycles. The number of nitrogens with zero attached hydrogens (tertiary/aromatic N) is 3. The van der Waals surface area contributed by atoms with Crippen LogP contribution in [0.2, 0.25) is 0 Å². The fourth-order valence-electron chi connectivity index (χ4n) is 2.18. The lowest BCUT2D eigenvalue weighted by molar-refractivity contribution is -0.384. The van der Waals surface area contributed by atoms with Crippen LogP contribution in [0, 0.1) is 10.1 Å². The van der Waals surface area contributed by atoms with E-state index in [4.69, 9.17) is 4.52 Å². The van der Waals surface area contributed by atoms with Gasteiger partial charge in [-0.25, -0.2) is 0 Å². The number of carbonyl (C=O) groups is 1. The van der Waals surface area contributed by atoms with Crippen molar-refractivity contribution in [3.05, 3.63) is 76.2 Å². The van der Waals surface area contributed by atoms with Crippen LogP contribution in [0.25, 0.3) is 11.4 Å². The summed E-state index contributed by atoms with van der Waals surface area (Å²) in [6.07, 6.45) is 0.387. The predicted molar refractivity (Wildman–Crippen MR) is 88.9 cm³/mol. The van der Waals surface area contributed by atoms with Gasteiger partial charge in [-0.05, 0) is 12.1 Å². The minimum atomic E-state index is -0.512. The molecule has 0 aliphatic carbocycles. The highest BCUT2D eigenvalue weighted by molar-refractivity contribution is 5.94. The average Bonchev–Trinajstić information content (AvgIpc) is 3.11. The molecule has 0 unspecified atom stereocenters. The van der Waals surface area contributed by atoms with Gasteiger partial charge >= 0.3 is 0 Å². The van der Waals surface area contributed by atoms with Crippen LogP contribution in [0.5, 0.6) is 0 Å². The number of amides is 1. The van der Waals surface area contributed by atoms with Crippen LogP contribution in [0.3, 0.4) is 0 Å². The topological polar surface area (TPSA) is 111 Å². The summed E-state index contributed by atoms with van der Waals surface area (Å²) in [5, 5.41) is 17.2. The molecule has 1 amide bonds. The number of hydrogen-bond acceptors (Lipinski definition) is 6. The van der Waals surface area contributed by atoms with Gasteiger partial charge in [0.25, 0.3) is 11.6 Å². The quantitative estimate of drug-likeness (QED) is 0.546. The van der Waals surface area contributed by atoms with Crippen molar-refractivity contribution < 1.29 is 14.2 Å². The maximum Gasteiger partial charge on any atom is 0.269 e. The third-order valence-corrected chi connectivity index (χ3v) is 3.46. The summed E-state index contributed by atoms with van der Waals surface area (Å²) in [5.41, 5.74) is 1.14. The third-order valence-electron chi connectivity index (χ3n) is 3.46. The Morgan fingerprint density at radius 2 is 1.84 bits per heavy atom. The van der Waals surface area contributed by atoms with Crippen LogP contribution >= 0.6 is 0 Å². The molecule has 0 bridgehead atoms. The van der Waals surface area contributed by atoms with E-state index in [9.17, 15) is 14.9 Å². The average molecular weight is 338 g/mol. The molecule has 25 heavy (non-hydrogen) atoms. The minimum Gasteiger partial charge on any atom is -0.352 e. The highest BCUT2D eigenvalue weighted by Crippen LogP contribution is 2.15. The van der Waals surface area contributed by atoms with Gasteiger partial charge < -0.3 is 9.84 Å². The van der Waals surface area contributed by atoms with E-state index in [2.05, 4.69) is 15.5 Å². The number of benzene rings is 2. The van der Waals surface area contributed by atoms with Crippen LogP contribution in [0.1, 0.15) is 16.2 Å². The Bertz CT molecular complexity index is 875. The van der Waals surface area contributed by atoms with E-state index in [0.717, 1.165) is 5.56 Å². The summed E-state index contributed by atoms with van der Waals surface area (Å²) < 4.78 is 5.16. The number of carbonyl (C=O) groups excluding carboxylic acids is 1. The molecule has 0 aliphatic heterocycles. The van der Waals surface area contributed by atoms with Crippen molar-refractivity contribution in [1.82, 2.24) is 15.5 Å². The molecule has 8 heteroatoms. The molecule has 126 valence electrons. The Hall–Kier alpha value is -3.55. The highest BCUT2D eigenvalue weighted by atomic mass is 16.6. The van der Waals surface area contributed by atoms with E-state index in [1.165, 1.54) is 24.3 Å². The Morgan fingerprint density at radius 3 is 2.52 bits per heavy atom. The van der Waals surface area contributed by atoms with E-state index >= 15 is 0 Å². The standard InChI is InChI=1S/C17H14N4O4/c22-17(13-6-8-14(9-7-13)21(23)24)18-11-10-15-19-16(20-25-15)12-4-2-1-3-5-12/h1-9H,10-11H2,(H,18,22). The van der Waals surface area contributed by atoms with Gasteiger partial charge in [0.2, 0.25) is 11.7 Å². The highest BCUT2D eigenvalue weighted by Gasteiger charge is 2.11. The SMILES string of the molecule is O=C(NCCc1nc(-c2ccccc2)no1)c1ccc([N+](=O)[O-])cc1. The molecule has 0 aliphatic rings. The Labute approximate surface area is 142 Å². The smallest absolute Gasteiger partial charge is 0.269 e. The van der Waals surface area contributed by atoms with Crippen LogP contribution in [-0.2, 0) is 6.42 Å². The first-order valence-corrected chi connectivity index (χ1v) is 7.54. The summed E-state index contributed by atoms with van der Waals surface area (Å²) in [6.45, 7) is 0.312. The third kappa shape index (κ3) is 4.05. The van der Waals surface area contributed by atoms with Gasteiger partial charge in [-0.15, -0.1) is 0 Å². The fourth-order valence-corrected chi connectivity index (χ4v) is 2.18.